The first-order valence-electron chi connectivity index (χ1n) is 12.4. The third-order valence-electron chi connectivity index (χ3n) is 6.21. The zero-order valence-corrected chi connectivity index (χ0v) is 20.7. The van der Waals surface area contributed by atoms with Gasteiger partial charge in [-0.25, -0.2) is 0 Å². The molecular weight excluding hydrogens is 464 g/mol. The van der Waals surface area contributed by atoms with Crippen molar-refractivity contribution in [3.05, 3.63) is 47.0 Å². The van der Waals surface area contributed by atoms with E-state index in [0.29, 0.717) is 63.1 Å². The molecule has 2 heterocycles. The number of carboxylic acid groups (broad SMARTS) is 1. The highest BCUT2D eigenvalue weighted by Gasteiger charge is 2.21. The van der Waals surface area contributed by atoms with Crippen molar-refractivity contribution in [3.63, 3.8) is 0 Å². The van der Waals surface area contributed by atoms with E-state index in [2.05, 4.69) is 5.32 Å². The van der Waals surface area contributed by atoms with Crippen LogP contribution in [0.2, 0.25) is 0 Å². The van der Waals surface area contributed by atoms with Gasteiger partial charge in [-0.15, -0.1) is 0 Å². The molecule has 9 nitrogen and oxygen atoms in total. The van der Waals surface area contributed by atoms with Crippen molar-refractivity contribution in [1.82, 2.24) is 10.2 Å². The number of aryl methyl sites for hydroxylation is 1. The molecule has 0 radical (unpaired) electrons. The van der Waals surface area contributed by atoms with Crippen molar-refractivity contribution in [3.8, 4) is 23.0 Å². The van der Waals surface area contributed by atoms with Crippen molar-refractivity contribution in [2.45, 2.75) is 45.2 Å². The molecule has 0 aliphatic carbocycles. The van der Waals surface area contributed by atoms with Gasteiger partial charge in [0.1, 0.15) is 19.0 Å². The van der Waals surface area contributed by atoms with Crippen LogP contribution in [-0.2, 0) is 29.1 Å². The second-order valence-corrected chi connectivity index (χ2v) is 9.06. The fraction of sp³-hybridized carbons (Fsp3) is 0.481. The minimum atomic E-state index is -0.832. The monoisotopic (exact) mass is 498 g/mol. The number of amides is 1. The van der Waals surface area contributed by atoms with Crippen LogP contribution < -0.4 is 24.3 Å². The molecule has 0 unspecified atom stereocenters. The van der Waals surface area contributed by atoms with Gasteiger partial charge < -0.3 is 29.4 Å². The van der Waals surface area contributed by atoms with Gasteiger partial charge in [-0.2, -0.15) is 0 Å². The van der Waals surface area contributed by atoms with Crippen LogP contribution in [0, 0.1) is 0 Å². The molecule has 2 aliphatic rings. The van der Waals surface area contributed by atoms with E-state index >= 15 is 0 Å². The second kappa shape index (κ2) is 12.5. The average Bonchev–Trinajstić information content (AvgIpc) is 2.88. The summed E-state index contributed by atoms with van der Waals surface area (Å²) in [6.07, 6.45) is 3.25. The molecule has 2 aromatic rings. The summed E-state index contributed by atoms with van der Waals surface area (Å²) >= 11 is 0. The highest BCUT2D eigenvalue weighted by atomic mass is 16.6. The zero-order valence-electron chi connectivity index (χ0n) is 20.7. The highest BCUT2D eigenvalue weighted by molar-refractivity contribution is 5.78. The van der Waals surface area contributed by atoms with Crippen molar-refractivity contribution >= 4 is 11.9 Å². The number of hydrogen-bond donors (Lipinski definition) is 2. The summed E-state index contributed by atoms with van der Waals surface area (Å²) < 4.78 is 23.2. The van der Waals surface area contributed by atoms with Gasteiger partial charge in [0.2, 0.25) is 11.7 Å². The van der Waals surface area contributed by atoms with Crippen LogP contribution in [0.5, 0.6) is 23.0 Å². The van der Waals surface area contributed by atoms with Crippen LogP contribution in [0.4, 0.5) is 0 Å². The molecule has 0 saturated carbocycles. The van der Waals surface area contributed by atoms with Crippen LogP contribution in [0.1, 0.15) is 42.4 Å². The maximum absolute atomic E-state index is 12.8. The SMILES string of the molecule is COc1cc(CN2CC(=O)NCCCCCOc3ccc(CCC(=O)O)cc3C2)cc2c1OCCO2. The summed E-state index contributed by atoms with van der Waals surface area (Å²) in [5.41, 5.74) is 2.78. The van der Waals surface area contributed by atoms with E-state index in [-0.39, 0.29) is 18.9 Å². The Morgan fingerprint density at radius 3 is 2.67 bits per heavy atom. The van der Waals surface area contributed by atoms with E-state index < -0.39 is 5.97 Å². The Kier molecular flexibility index (Phi) is 8.89. The maximum atomic E-state index is 12.8. The van der Waals surface area contributed by atoms with Crippen molar-refractivity contribution < 1.29 is 33.6 Å². The lowest BCUT2D eigenvalue weighted by Gasteiger charge is -2.26. The van der Waals surface area contributed by atoms with E-state index in [0.717, 1.165) is 41.7 Å². The van der Waals surface area contributed by atoms with Gasteiger partial charge >= 0.3 is 5.97 Å². The minimum absolute atomic E-state index is 0.0387. The molecular formula is C27H34N2O7. The molecule has 36 heavy (non-hydrogen) atoms. The van der Waals surface area contributed by atoms with Gasteiger partial charge in [0.15, 0.2) is 11.5 Å². The molecule has 1 amide bonds. The Balaban J connectivity index is 1.62. The van der Waals surface area contributed by atoms with E-state index in [1.165, 1.54) is 0 Å². The first-order chi connectivity index (χ1) is 17.5. The number of hydrogen-bond acceptors (Lipinski definition) is 7. The van der Waals surface area contributed by atoms with Crippen LogP contribution >= 0.6 is 0 Å². The second-order valence-electron chi connectivity index (χ2n) is 9.06. The van der Waals surface area contributed by atoms with Gasteiger partial charge in [-0.05, 0) is 55.0 Å². The summed E-state index contributed by atoms with van der Waals surface area (Å²) in [6.45, 7) is 3.30. The summed E-state index contributed by atoms with van der Waals surface area (Å²) in [5.74, 6) is 1.71. The summed E-state index contributed by atoms with van der Waals surface area (Å²) in [4.78, 5) is 25.9. The number of nitrogens with zero attached hydrogens (tertiary/aromatic N) is 1. The number of benzene rings is 2. The zero-order chi connectivity index (χ0) is 25.3. The van der Waals surface area contributed by atoms with Crippen molar-refractivity contribution in [2.24, 2.45) is 0 Å². The molecule has 0 spiro atoms. The Labute approximate surface area is 211 Å². The Bertz CT molecular complexity index is 1060. The Hall–Kier alpha value is -3.46. The lowest BCUT2D eigenvalue weighted by molar-refractivity contribution is -0.137. The lowest BCUT2D eigenvalue weighted by Crippen LogP contribution is -2.37. The van der Waals surface area contributed by atoms with Crippen molar-refractivity contribution in [1.29, 1.82) is 0 Å². The van der Waals surface area contributed by atoms with E-state index in [1.54, 1.807) is 7.11 Å². The topological polar surface area (TPSA) is 107 Å². The molecule has 2 aliphatic heterocycles. The van der Waals surface area contributed by atoms with E-state index in [4.69, 9.17) is 24.1 Å². The first-order valence-corrected chi connectivity index (χ1v) is 12.4. The number of methoxy groups -OCH3 is 1. The average molecular weight is 499 g/mol. The standard InChI is InChI=1S/C27H34N2O7/c1-33-23-14-20(15-24-27(23)36-12-11-35-24)16-29-17-21-13-19(6-8-26(31)32)5-7-22(21)34-10-4-2-3-9-28-25(30)18-29/h5,7,13-15H,2-4,6,8-12,16-18H2,1H3,(H,28,30)(H,31,32). The molecule has 2 N–H and O–H groups in total. The lowest BCUT2D eigenvalue weighted by atomic mass is 10.0. The van der Waals surface area contributed by atoms with Crippen molar-refractivity contribution in [2.75, 3.05) is 40.0 Å². The number of nitrogens with one attached hydrogen (secondary N) is 1. The smallest absolute Gasteiger partial charge is 0.303 e. The van der Waals surface area contributed by atoms with Gasteiger partial charge in [0, 0.05) is 31.6 Å². The molecule has 2 aromatic carbocycles. The molecule has 0 saturated heterocycles. The third kappa shape index (κ3) is 7.04. The fourth-order valence-corrected chi connectivity index (χ4v) is 4.46. The number of carbonyl (C=O) groups excluding carboxylic acids is 1. The van der Waals surface area contributed by atoms with Crippen LogP contribution in [0.25, 0.3) is 0 Å². The quantitative estimate of drug-likeness (QED) is 0.626. The molecule has 0 atom stereocenters. The molecule has 9 heteroatoms. The summed E-state index contributed by atoms with van der Waals surface area (Å²) in [6, 6.07) is 9.66. The maximum Gasteiger partial charge on any atom is 0.303 e. The van der Waals surface area contributed by atoms with Gasteiger partial charge in [0.25, 0.3) is 0 Å². The number of carbonyl (C=O) groups is 2. The molecule has 0 fully saturated rings. The largest absolute Gasteiger partial charge is 0.493 e. The molecule has 0 bridgehead atoms. The predicted molar refractivity (Wildman–Crippen MR) is 133 cm³/mol. The Morgan fingerprint density at radius 1 is 1.00 bits per heavy atom. The van der Waals surface area contributed by atoms with E-state index in [9.17, 15) is 9.59 Å². The van der Waals surface area contributed by atoms with Gasteiger partial charge in [-0.3, -0.25) is 14.5 Å². The summed E-state index contributed by atoms with van der Waals surface area (Å²) in [5, 5.41) is 12.1. The van der Waals surface area contributed by atoms with Gasteiger partial charge in [0.05, 0.1) is 20.3 Å². The number of aliphatic carboxylic acids is 1. The number of fused-ring (bicyclic) bond motifs is 2. The highest BCUT2D eigenvalue weighted by Crippen LogP contribution is 2.40. The Morgan fingerprint density at radius 2 is 1.83 bits per heavy atom. The first kappa shape index (κ1) is 25.6. The van der Waals surface area contributed by atoms with E-state index in [1.807, 2.05) is 35.2 Å². The predicted octanol–water partition coefficient (Wildman–Crippen LogP) is 3.16. The normalized spacial score (nSPS) is 16.9. The molecule has 4 rings (SSSR count). The fourth-order valence-electron chi connectivity index (χ4n) is 4.46. The van der Waals surface area contributed by atoms with Crippen LogP contribution in [0.15, 0.2) is 30.3 Å². The third-order valence-corrected chi connectivity index (χ3v) is 6.21. The summed E-state index contributed by atoms with van der Waals surface area (Å²) in [7, 11) is 1.59. The van der Waals surface area contributed by atoms with Gasteiger partial charge in [-0.1, -0.05) is 12.1 Å². The van der Waals surface area contributed by atoms with Crippen LogP contribution in [-0.4, -0.2) is 61.9 Å². The molecule has 0 aromatic heterocycles. The van der Waals surface area contributed by atoms with Crippen LogP contribution in [0.3, 0.4) is 0 Å². The number of carboxylic acids is 1. The molecule has 194 valence electrons. The number of ether oxygens (including phenoxy) is 4. The number of rotatable bonds is 6. The minimum Gasteiger partial charge on any atom is -0.493 e.